The number of ether oxygens (including phenoxy) is 1. The molecule has 0 aromatic heterocycles. The number of hydrogen-bond donors (Lipinski definition) is 1. The van der Waals surface area contributed by atoms with Crippen LogP contribution in [0.4, 0.5) is 10.1 Å². The zero-order valence-electron chi connectivity index (χ0n) is 13.2. The number of imide groups is 1. The summed E-state index contributed by atoms with van der Waals surface area (Å²) in [4.78, 5) is 25.9. The molecule has 0 unspecified atom stereocenters. The Hall–Kier alpha value is -2.73. The van der Waals surface area contributed by atoms with Crippen LogP contribution in [0, 0.1) is 5.82 Å². The third kappa shape index (κ3) is 3.28. The normalized spacial score (nSPS) is 17.4. The van der Waals surface area contributed by atoms with Crippen molar-refractivity contribution in [3.05, 3.63) is 59.9 Å². The Morgan fingerprint density at radius 1 is 1.12 bits per heavy atom. The highest BCUT2D eigenvalue weighted by atomic mass is 19.1. The third-order valence-corrected chi connectivity index (χ3v) is 3.94. The van der Waals surface area contributed by atoms with Gasteiger partial charge in [-0.2, -0.15) is 0 Å². The van der Waals surface area contributed by atoms with Crippen LogP contribution < -0.4 is 15.0 Å². The zero-order valence-corrected chi connectivity index (χ0v) is 13.2. The quantitative estimate of drug-likeness (QED) is 0.856. The van der Waals surface area contributed by atoms with Crippen molar-refractivity contribution in [3.63, 3.8) is 0 Å². The summed E-state index contributed by atoms with van der Waals surface area (Å²) in [6.07, 6.45) is 0.103. The molecule has 1 fully saturated rings. The Labute approximate surface area is 139 Å². The number of methoxy groups -OCH3 is 1. The number of carbonyl (C=O) groups excluding carboxylic acids is 2. The van der Waals surface area contributed by atoms with Crippen molar-refractivity contribution in [3.8, 4) is 5.75 Å². The van der Waals surface area contributed by atoms with Crippen molar-refractivity contribution in [1.29, 1.82) is 0 Å². The molecule has 1 aliphatic rings. The molecule has 1 heterocycles. The molecule has 6 heteroatoms. The number of nitrogens with zero attached hydrogens (tertiary/aromatic N) is 1. The van der Waals surface area contributed by atoms with Crippen LogP contribution in [-0.2, 0) is 16.1 Å². The molecule has 3 rings (SSSR count). The minimum Gasteiger partial charge on any atom is -0.497 e. The highest BCUT2D eigenvalue weighted by molar-refractivity contribution is 6.22. The summed E-state index contributed by atoms with van der Waals surface area (Å²) in [6.45, 7) is 0.389. The number of anilines is 1. The van der Waals surface area contributed by atoms with Crippen LogP contribution in [0.3, 0.4) is 0 Å². The molecule has 1 aliphatic heterocycles. The lowest BCUT2D eigenvalue weighted by atomic mass is 10.2. The smallest absolute Gasteiger partial charge is 0.251 e. The molecule has 0 aliphatic carbocycles. The molecule has 2 aromatic rings. The third-order valence-electron chi connectivity index (χ3n) is 3.94. The molecule has 0 radical (unpaired) electrons. The second kappa shape index (κ2) is 6.80. The van der Waals surface area contributed by atoms with E-state index in [1.165, 1.54) is 17.0 Å². The highest BCUT2D eigenvalue weighted by Gasteiger charge is 2.39. The fraction of sp³-hybridized carbons (Fsp3) is 0.222. The molecule has 0 saturated carbocycles. The Balaban J connectivity index is 1.67. The van der Waals surface area contributed by atoms with Crippen LogP contribution in [-0.4, -0.2) is 25.0 Å². The Bertz CT molecular complexity index is 744. The van der Waals surface area contributed by atoms with Crippen molar-refractivity contribution >= 4 is 17.5 Å². The summed E-state index contributed by atoms with van der Waals surface area (Å²) in [5.41, 5.74) is 1.37. The van der Waals surface area contributed by atoms with Crippen molar-refractivity contribution in [2.24, 2.45) is 0 Å². The summed E-state index contributed by atoms with van der Waals surface area (Å²) >= 11 is 0. The van der Waals surface area contributed by atoms with Gasteiger partial charge in [0.15, 0.2) is 0 Å². The minimum absolute atomic E-state index is 0.103. The van der Waals surface area contributed by atoms with Gasteiger partial charge in [-0.25, -0.2) is 9.29 Å². The maximum absolute atomic E-state index is 12.9. The van der Waals surface area contributed by atoms with Crippen LogP contribution in [0.2, 0.25) is 0 Å². The number of halogens is 1. The number of hydrogen-bond acceptors (Lipinski definition) is 4. The van der Waals surface area contributed by atoms with Gasteiger partial charge < -0.3 is 10.1 Å². The van der Waals surface area contributed by atoms with E-state index in [0.717, 1.165) is 5.56 Å². The fourth-order valence-corrected chi connectivity index (χ4v) is 2.64. The topological polar surface area (TPSA) is 58.6 Å². The first-order valence-corrected chi connectivity index (χ1v) is 7.57. The van der Waals surface area contributed by atoms with Gasteiger partial charge in [0, 0.05) is 6.54 Å². The molecule has 0 bridgehead atoms. The minimum atomic E-state index is -0.579. The highest BCUT2D eigenvalue weighted by Crippen LogP contribution is 2.25. The monoisotopic (exact) mass is 328 g/mol. The van der Waals surface area contributed by atoms with Crippen molar-refractivity contribution in [1.82, 2.24) is 5.32 Å². The van der Waals surface area contributed by atoms with Gasteiger partial charge in [-0.15, -0.1) is 0 Å². The standard InChI is InChI=1S/C18H17FN2O3/c1-24-15-8-6-14(7-9-15)21-17(22)10-16(18(21)23)20-11-12-2-4-13(19)5-3-12/h2-9,16,20H,10-11H2,1H3/t16-/m0/s1. The molecule has 1 atom stereocenters. The fourth-order valence-electron chi connectivity index (χ4n) is 2.64. The van der Waals surface area contributed by atoms with E-state index in [2.05, 4.69) is 5.32 Å². The molecule has 5 nitrogen and oxygen atoms in total. The molecule has 24 heavy (non-hydrogen) atoms. The predicted molar refractivity (Wildman–Crippen MR) is 87.1 cm³/mol. The summed E-state index contributed by atoms with van der Waals surface area (Å²) in [5.74, 6) is -0.186. The Morgan fingerprint density at radius 2 is 1.79 bits per heavy atom. The van der Waals surface area contributed by atoms with Crippen LogP contribution in [0.1, 0.15) is 12.0 Å². The van der Waals surface area contributed by atoms with Crippen molar-refractivity contribution < 1.29 is 18.7 Å². The van der Waals surface area contributed by atoms with E-state index in [0.29, 0.717) is 18.0 Å². The summed E-state index contributed by atoms with van der Waals surface area (Å²) in [5, 5.41) is 3.06. The summed E-state index contributed by atoms with van der Waals surface area (Å²) < 4.78 is 18.0. The lowest BCUT2D eigenvalue weighted by molar-refractivity contribution is -0.121. The van der Waals surface area contributed by atoms with Gasteiger partial charge in [0.1, 0.15) is 11.6 Å². The number of benzene rings is 2. The average molecular weight is 328 g/mol. The number of rotatable bonds is 5. The second-order valence-corrected chi connectivity index (χ2v) is 5.53. The Morgan fingerprint density at radius 3 is 2.42 bits per heavy atom. The summed E-state index contributed by atoms with van der Waals surface area (Å²) in [6, 6.07) is 12.2. The van der Waals surface area contributed by atoms with E-state index in [1.54, 1.807) is 43.5 Å². The first-order chi connectivity index (χ1) is 11.6. The Kier molecular flexibility index (Phi) is 4.57. The first-order valence-electron chi connectivity index (χ1n) is 7.57. The number of carbonyl (C=O) groups is 2. The number of nitrogens with one attached hydrogen (secondary N) is 1. The van der Waals surface area contributed by atoms with E-state index in [9.17, 15) is 14.0 Å². The molecular formula is C18H17FN2O3. The maximum atomic E-state index is 12.9. The van der Waals surface area contributed by atoms with Crippen molar-refractivity contribution in [2.45, 2.75) is 19.0 Å². The van der Waals surface area contributed by atoms with Crippen molar-refractivity contribution in [2.75, 3.05) is 12.0 Å². The molecule has 2 aromatic carbocycles. The lowest BCUT2D eigenvalue weighted by Gasteiger charge is -2.16. The van der Waals surface area contributed by atoms with E-state index < -0.39 is 6.04 Å². The molecule has 1 saturated heterocycles. The first kappa shape index (κ1) is 16.1. The molecule has 0 spiro atoms. The van der Waals surface area contributed by atoms with Gasteiger partial charge in [-0.3, -0.25) is 9.59 Å². The molecule has 124 valence electrons. The average Bonchev–Trinajstić information content (AvgIpc) is 2.88. The van der Waals surface area contributed by atoms with Gasteiger partial charge in [-0.05, 0) is 42.0 Å². The molecule has 2 amide bonds. The molecule has 1 N–H and O–H groups in total. The summed E-state index contributed by atoms with van der Waals surface area (Å²) in [7, 11) is 1.55. The van der Waals surface area contributed by atoms with Gasteiger partial charge in [-0.1, -0.05) is 12.1 Å². The van der Waals surface area contributed by atoms with Gasteiger partial charge in [0.05, 0.1) is 25.3 Å². The maximum Gasteiger partial charge on any atom is 0.251 e. The van der Waals surface area contributed by atoms with Crippen LogP contribution >= 0.6 is 0 Å². The predicted octanol–water partition coefficient (Wildman–Crippen LogP) is 2.26. The van der Waals surface area contributed by atoms with Gasteiger partial charge in [0.25, 0.3) is 5.91 Å². The van der Waals surface area contributed by atoms with Crippen LogP contribution in [0.15, 0.2) is 48.5 Å². The van der Waals surface area contributed by atoms with E-state index in [-0.39, 0.29) is 24.1 Å². The zero-order chi connectivity index (χ0) is 17.1. The number of amides is 2. The van der Waals surface area contributed by atoms with E-state index >= 15 is 0 Å². The second-order valence-electron chi connectivity index (χ2n) is 5.53. The van der Waals surface area contributed by atoms with E-state index in [1.807, 2.05) is 0 Å². The van der Waals surface area contributed by atoms with Gasteiger partial charge in [0.2, 0.25) is 5.91 Å². The molecular weight excluding hydrogens is 311 g/mol. The van der Waals surface area contributed by atoms with Gasteiger partial charge >= 0.3 is 0 Å². The van der Waals surface area contributed by atoms with Crippen LogP contribution in [0.5, 0.6) is 5.75 Å². The van der Waals surface area contributed by atoms with Crippen LogP contribution in [0.25, 0.3) is 0 Å². The van der Waals surface area contributed by atoms with E-state index in [4.69, 9.17) is 4.74 Å². The SMILES string of the molecule is COc1ccc(N2C(=O)C[C@H](NCc3ccc(F)cc3)C2=O)cc1. The largest absolute Gasteiger partial charge is 0.497 e. The lowest BCUT2D eigenvalue weighted by Crippen LogP contribution is -2.38.